The summed E-state index contributed by atoms with van der Waals surface area (Å²) in [5.74, 6) is -1.86. The van der Waals surface area contributed by atoms with Crippen molar-refractivity contribution in [2.45, 2.75) is 12.3 Å². The molecule has 0 unspecified atom stereocenters. The lowest BCUT2D eigenvalue weighted by Crippen LogP contribution is -2.38. The smallest absolute Gasteiger partial charge is 0.260 e. The van der Waals surface area contributed by atoms with Crippen LogP contribution in [0.1, 0.15) is 21.5 Å². The SMILES string of the molecule is O=C(Nc1ccc2c(c1)N(S(=O)(=O)Cc1cc(Cl)cc(Cl)c1)NC2)c1c(F)cccc1Cl. The van der Waals surface area contributed by atoms with Crippen molar-refractivity contribution in [2.75, 3.05) is 9.73 Å². The number of amides is 1. The van der Waals surface area contributed by atoms with E-state index in [4.69, 9.17) is 34.8 Å². The van der Waals surface area contributed by atoms with E-state index in [-0.39, 0.29) is 28.6 Å². The topological polar surface area (TPSA) is 78.5 Å². The van der Waals surface area contributed by atoms with E-state index in [2.05, 4.69) is 10.7 Å². The standard InChI is InChI=1S/C21H15Cl3FN3O3S/c22-14-6-12(7-15(23)8-14)11-32(30,31)28-19-9-16(5-4-13(19)10-26-28)27-21(29)20-17(24)2-1-3-18(20)25/h1-9,26H,10-11H2,(H,27,29). The monoisotopic (exact) mass is 513 g/mol. The fourth-order valence-corrected chi connectivity index (χ4v) is 5.62. The fraction of sp³-hybridized carbons (Fsp3) is 0.0952. The summed E-state index contributed by atoms with van der Waals surface area (Å²) in [5, 5.41) is 3.18. The van der Waals surface area contributed by atoms with E-state index in [1.165, 1.54) is 36.4 Å². The predicted molar refractivity (Wildman–Crippen MR) is 124 cm³/mol. The molecule has 4 rings (SSSR count). The van der Waals surface area contributed by atoms with Crippen LogP contribution in [0.4, 0.5) is 15.8 Å². The number of hydrogen-bond donors (Lipinski definition) is 2. The Hall–Kier alpha value is -2.36. The third-order valence-electron chi connectivity index (χ3n) is 4.71. The van der Waals surface area contributed by atoms with Gasteiger partial charge in [0.1, 0.15) is 5.82 Å². The van der Waals surface area contributed by atoms with Crippen LogP contribution < -0.4 is 15.2 Å². The highest BCUT2D eigenvalue weighted by molar-refractivity contribution is 7.92. The van der Waals surface area contributed by atoms with Crippen LogP contribution in [-0.4, -0.2) is 14.3 Å². The van der Waals surface area contributed by atoms with Crippen molar-refractivity contribution in [3.05, 3.63) is 92.2 Å². The summed E-state index contributed by atoms with van der Waals surface area (Å²) in [5.41, 5.74) is 4.29. The molecule has 1 aliphatic heterocycles. The molecular formula is C21H15Cl3FN3O3S. The lowest BCUT2D eigenvalue weighted by Gasteiger charge is -2.20. The van der Waals surface area contributed by atoms with Crippen LogP contribution in [0.2, 0.25) is 15.1 Å². The first-order valence-corrected chi connectivity index (χ1v) is 12.0. The van der Waals surface area contributed by atoms with Gasteiger partial charge in [-0.15, -0.1) is 0 Å². The molecule has 3 aromatic carbocycles. The molecule has 1 aliphatic rings. The number of sulfonamides is 1. The number of carbonyl (C=O) groups is 1. The lowest BCUT2D eigenvalue weighted by atomic mass is 10.1. The van der Waals surface area contributed by atoms with Crippen molar-refractivity contribution in [1.82, 2.24) is 5.43 Å². The number of benzene rings is 3. The zero-order valence-electron chi connectivity index (χ0n) is 16.2. The van der Waals surface area contributed by atoms with Crippen LogP contribution in [0.5, 0.6) is 0 Å². The highest BCUT2D eigenvalue weighted by Crippen LogP contribution is 2.32. The average Bonchev–Trinajstić information content (AvgIpc) is 3.11. The maximum Gasteiger partial charge on any atom is 0.260 e. The molecule has 0 saturated heterocycles. The summed E-state index contributed by atoms with van der Waals surface area (Å²) < 4.78 is 41.2. The molecule has 0 atom stereocenters. The molecular weight excluding hydrogens is 500 g/mol. The lowest BCUT2D eigenvalue weighted by molar-refractivity contribution is 0.102. The van der Waals surface area contributed by atoms with E-state index in [0.717, 1.165) is 10.5 Å². The number of nitrogens with one attached hydrogen (secondary N) is 2. The molecule has 0 spiro atoms. The summed E-state index contributed by atoms with van der Waals surface area (Å²) in [6.07, 6.45) is 0. The first kappa shape index (κ1) is 22.8. The van der Waals surface area contributed by atoms with Gasteiger partial charge in [-0.2, -0.15) is 0 Å². The van der Waals surface area contributed by atoms with E-state index in [9.17, 15) is 17.6 Å². The Bertz CT molecular complexity index is 1290. The van der Waals surface area contributed by atoms with Crippen molar-refractivity contribution in [1.29, 1.82) is 0 Å². The van der Waals surface area contributed by atoms with Crippen LogP contribution in [0, 0.1) is 5.82 Å². The molecule has 0 aromatic heterocycles. The molecule has 0 bridgehead atoms. The van der Waals surface area contributed by atoms with E-state index in [0.29, 0.717) is 26.9 Å². The largest absolute Gasteiger partial charge is 0.322 e. The number of halogens is 4. The molecule has 166 valence electrons. The molecule has 2 N–H and O–H groups in total. The Kier molecular flexibility index (Phi) is 6.33. The minimum atomic E-state index is -3.86. The van der Waals surface area contributed by atoms with Gasteiger partial charge in [0.2, 0.25) is 0 Å². The van der Waals surface area contributed by atoms with Gasteiger partial charge in [-0.3, -0.25) is 4.79 Å². The van der Waals surface area contributed by atoms with E-state index < -0.39 is 21.7 Å². The molecule has 0 saturated carbocycles. The minimum absolute atomic E-state index is 0.0327. The van der Waals surface area contributed by atoms with Crippen molar-refractivity contribution in [3.63, 3.8) is 0 Å². The van der Waals surface area contributed by atoms with Crippen LogP contribution in [0.25, 0.3) is 0 Å². The maximum absolute atomic E-state index is 14.0. The van der Waals surface area contributed by atoms with Gasteiger partial charge < -0.3 is 5.32 Å². The number of fused-ring (bicyclic) bond motifs is 1. The zero-order chi connectivity index (χ0) is 23.0. The zero-order valence-corrected chi connectivity index (χ0v) is 19.3. The van der Waals surface area contributed by atoms with Gasteiger partial charge in [-0.25, -0.2) is 22.6 Å². The van der Waals surface area contributed by atoms with Crippen molar-refractivity contribution >= 4 is 62.1 Å². The number of hydrogen-bond acceptors (Lipinski definition) is 4. The second-order valence-electron chi connectivity index (χ2n) is 7.03. The van der Waals surface area contributed by atoms with Gasteiger partial charge in [0.25, 0.3) is 15.9 Å². The van der Waals surface area contributed by atoms with Crippen molar-refractivity contribution < 1.29 is 17.6 Å². The molecule has 0 aliphatic carbocycles. The number of rotatable bonds is 5. The second kappa shape index (κ2) is 8.88. The van der Waals surface area contributed by atoms with E-state index in [1.54, 1.807) is 12.1 Å². The molecule has 32 heavy (non-hydrogen) atoms. The molecule has 1 heterocycles. The molecule has 0 fully saturated rings. The van der Waals surface area contributed by atoms with Gasteiger partial charge in [-0.05, 0) is 53.6 Å². The summed E-state index contributed by atoms with van der Waals surface area (Å²) in [6, 6.07) is 13.3. The molecule has 1 amide bonds. The van der Waals surface area contributed by atoms with Crippen LogP contribution in [0.3, 0.4) is 0 Å². The van der Waals surface area contributed by atoms with Crippen molar-refractivity contribution in [2.24, 2.45) is 0 Å². The number of anilines is 2. The summed E-state index contributed by atoms with van der Waals surface area (Å²) >= 11 is 17.9. The Morgan fingerprint density at radius 1 is 1.06 bits per heavy atom. The third kappa shape index (κ3) is 4.69. The van der Waals surface area contributed by atoms with Crippen LogP contribution >= 0.6 is 34.8 Å². The summed E-state index contributed by atoms with van der Waals surface area (Å²) in [6.45, 7) is 0.276. The molecule has 6 nitrogen and oxygen atoms in total. The Morgan fingerprint density at radius 2 is 1.78 bits per heavy atom. The maximum atomic E-state index is 14.0. The first-order valence-electron chi connectivity index (χ1n) is 9.24. The van der Waals surface area contributed by atoms with Crippen molar-refractivity contribution in [3.8, 4) is 0 Å². The first-order chi connectivity index (χ1) is 15.1. The molecule has 11 heteroatoms. The Labute approximate surface area is 198 Å². The summed E-state index contributed by atoms with van der Waals surface area (Å²) in [7, 11) is -3.86. The van der Waals surface area contributed by atoms with E-state index in [1.807, 2.05) is 0 Å². The van der Waals surface area contributed by atoms with Gasteiger partial charge in [0.15, 0.2) is 0 Å². The number of carbonyl (C=O) groups excluding carboxylic acids is 1. The molecule has 0 radical (unpaired) electrons. The Balaban J connectivity index is 1.60. The van der Waals surface area contributed by atoms with Crippen LogP contribution in [0.15, 0.2) is 54.6 Å². The highest BCUT2D eigenvalue weighted by atomic mass is 35.5. The quantitative estimate of drug-likeness (QED) is 0.478. The van der Waals surface area contributed by atoms with Crippen LogP contribution in [-0.2, 0) is 22.3 Å². The molecule has 3 aromatic rings. The average molecular weight is 515 g/mol. The van der Waals surface area contributed by atoms with Gasteiger partial charge in [0.05, 0.1) is 22.0 Å². The summed E-state index contributed by atoms with van der Waals surface area (Å²) in [4.78, 5) is 12.5. The van der Waals surface area contributed by atoms with Gasteiger partial charge in [0, 0.05) is 22.3 Å². The number of hydrazine groups is 1. The fourth-order valence-electron chi connectivity index (χ4n) is 3.35. The van der Waals surface area contributed by atoms with E-state index >= 15 is 0 Å². The highest BCUT2D eigenvalue weighted by Gasteiger charge is 2.30. The normalized spacial score (nSPS) is 13.2. The Morgan fingerprint density at radius 3 is 2.47 bits per heavy atom. The minimum Gasteiger partial charge on any atom is -0.322 e. The second-order valence-corrected chi connectivity index (χ2v) is 10.1. The van der Waals surface area contributed by atoms with Gasteiger partial charge in [-0.1, -0.05) is 46.9 Å². The predicted octanol–water partition coefficient (Wildman–Crippen LogP) is 5.39. The van der Waals surface area contributed by atoms with Gasteiger partial charge >= 0.3 is 0 Å². The number of nitrogens with zero attached hydrogens (tertiary/aromatic N) is 1. The third-order valence-corrected chi connectivity index (χ3v) is 7.05.